The molecule has 1 aromatic rings. The largest absolute Gasteiger partial charge is 0.391 e. The van der Waals surface area contributed by atoms with Crippen LogP contribution in [0.25, 0.3) is 0 Å². The van der Waals surface area contributed by atoms with Gasteiger partial charge in [0.05, 0.1) is 11.1 Å². The standard InChI is InChI=1S/C13H23N3OS/c1-13(2,3)12-16-7-10(18-12)6-14-4-9-5-15-8-11(9)17/h7,9,11,14-15,17H,4-6,8H2,1-3H3. The second-order valence-electron chi connectivity index (χ2n) is 6.00. The molecular formula is C13H23N3OS. The zero-order chi connectivity index (χ0) is 13.2. The number of aliphatic hydroxyl groups excluding tert-OH is 1. The van der Waals surface area contributed by atoms with Gasteiger partial charge in [0.1, 0.15) is 0 Å². The van der Waals surface area contributed by atoms with E-state index in [0.717, 1.165) is 26.2 Å². The van der Waals surface area contributed by atoms with E-state index in [2.05, 4.69) is 36.4 Å². The molecule has 0 aromatic carbocycles. The van der Waals surface area contributed by atoms with Crippen LogP contribution in [-0.4, -0.2) is 35.8 Å². The van der Waals surface area contributed by atoms with Crippen molar-refractivity contribution in [2.45, 2.75) is 38.8 Å². The van der Waals surface area contributed by atoms with Gasteiger partial charge in [-0.1, -0.05) is 20.8 Å². The first-order valence-electron chi connectivity index (χ1n) is 6.51. The highest BCUT2D eigenvalue weighted by Crippen LogP contribution is 2.26. The van der Waals surface area contributed by atoms with Crippen molar-refractivity contribution in [1.82, 2.24) is 15.6 Å². The number of nitrogens with zero attached hydrogens (tertiary/aromatic N) is 1. The van der Waals surface area contributed by atoms with E-state index >= 15 is 0 Å². The van der Waals surface area contributed by atoms with Gasteiger partial charge in [-0.15, -0.1) is 11.3 Å². The van der Waals surface area contributed by atoms with Gasteiger partial charge in [0, 0.05) is 48.6 Å². The van der Waals surface area contributed by atoms with E-state index in [1.165, 1.54) is 9.88 Å². The second kappa shape index (κ2) is 5.65. The Kier molecular flexibility index (Phi) is 4.37. The van der Waals surface area contributed by atoms with Gasteiger partial charge in [0.2, 0.25) is 0 Å². The molecule has 4 nitrogen and oxygen atoms in total. The molecule has 0 aliphatic carbocycles. The topological polar surface area (TPSA) is 57.2 Å². The quantitative estimate of drug-likeness (QED) is 0.766. The summed E-state index contributed by atoms with van der Waals surface area (Å²) >= 11 is 1.77. The minimum atomic E-state index is -0.205. The first-order chi connectivity index (χ1) is 8.47. The molecule has 2 atom stereocenters. The van der Waals surface area contributed by atoms with Gasteiger partial charge in [0.15, 0.2) is 0 Å². The average Bonchev–Trinajstić information content (AvgIpc) is 2.88. The van der Waals surface area contributed by atoms with Gasteiger partial charge >= 0.3 is 0 Å². The molecule has 18 heavy (non-hydrogen) atoms. The first-order valence-corrected chi connectivity index (χ1v) is 7.33. The Morgan fingerprint density at radius 3 is 2.83 bits per heavy atom. The summed E-state index contributed by atoms with van der Waals surface area (Å²) in [6.07, 6.45) is 1.76. The molecular weight excluding hydrogens is 246 g/mol. The monoisotopic (exact) mass is 269 g/mol. The number of aliphatic hydroxyl groups is 1. The van der Waals surface area contributed by atoms with Crippen molar-refractivity contribution < 1.29 is 5.11 Å². The Morgan fingerprint density at radius 2 is 2.28 bits per heavy atom. The molecule has 1 fully saturated rings. The van der Waals surface area contributed by atoms with E-state index in [-0.39, 0.29) is 11.5 Å². The normalized spacial score (nSPS) is 24.7. The second-order valence-corrected chi connectivity index (χ2v) is 7.11. The molecule has 0 spiro atoms. The number of aromatic nitrogens is 1. The molecule has 1 aliphatic heterocycles. The molecule has 0 amide bonds. The van der Waals surface area contributed by atoms with Gasteiger partial charge in [-0.05, 0) is 0 Å². The van der Waals surface area contributed by atoms with Crippen LogP contribution in [0, 0.1) is 5.92 Å². The predicted molar refractivity (Wildman–Crippen MR) is 74.9 cm³/mol. The maximum absolute atomic E-state index is 9.68. The van der Waals surface area contributed by atoms with Crippen LogP contribution in [0.15, 0.2) is 6.20 Å². The molecule has 102 valence electrons. The summed E-state index contributed by atoms with van der Waals surface area (Å²) in [6.45, 7) is 9.88. The molecule has 2 rings (SSSR count). The third kappa shape index (κ3) is 3.51. The third-order valence-electron chi connectivity index (χ3n) is 3.21. The Bertz CT molecular complexity index is 386. The maximum Gasteiger partial charge on any atom is 0.0981 e. The number of nitrogens with one attached hydrogen (secondary N) is 2. The van der Waals surface area contributed by atoms with Crippen molar-refractivity contribution in [3.05, 3.63) is 16.1 Å². The van der Waals surface area contributed by atoms with E-state index < -0.39 is 0 Å². The van der Waals surface area contributed by atoms with Crippen molar-refractivity contribution in [3.8, 4) is 0 Å². The molecule has 5 heteroatoms. The Balaban J connectivity index is 1.78. The van der Waals surface area contributed by atoms with Crippen LogP contribution >= 0.6 is 11.3 Å². The molecule has 1 saturated heterocycles. The lowest BCUT2D eigenvalue weighted by Crippen LogP contribution is -2.29. The summed E-state index contributed by atoms with van der Waals surface area (Å²) < 4.78 is 0. The molecule has 2 unspecified atom stereocenters. The summed E-state index contributed by atoms with van der Waals surface area (Å²) in [5.41, 5.74) is 0.133. The van der Waals surface area contributed by atoms with E-state index in [0.29, 0.717) is 5.92 Å². The van der Waals surface area contributed by atoms with E-state index in [1.807, 2.05) is 6.20 Å². The predicted octanol–water partition coefficient (Wildman–Crippen LogP) is 1.11. The number of hydrogen-bond donors (Lipinski definition) is 3. The minimum absolute atomic E-state index is 0.133. The lowest BCUT2D eigenvalue weighted by molar-refractivity contribution is 0.146. The van der Waals surface area contributed by atoms with Crippen molar-refractivity contribution >= 4 is 11.3 Å². The van der Waals surface area contributed by atoms with Crippen LogP contribution in [0.3, 0.4) is 0 Å². The number of thiazole rings is 1. The fraction of sp³-hybridized carbons (Fsp3) is 0.769. The third-order valence-corrected chi connectivity index (χ3v) is 4.63. The molecule has 0 radical (unpaired) electrons. The van der Waals surface area contributed by atoms with Crippen LogP contribution in [-0.2, 0) is 12.0 Å². The molecule has 0 saturated carbocycles. The Labute approximate surface area is 113 Å². The molecule has 0 bridgehead atoms. The lowest BCUT2D eigenvalue weighted by Gasteiger charge is -2.14. The summed E-state index contributed by atoms with van der Waals surface area (Å²) in [5, 5.41) is 17.5. The van der Waals surface area contributed by atoms with E-state index in [1.54, 1.807) is 11.3 Å². The Morgan fingerprint density at radius 1 is 1.50 bits per heavy atom. The van der Waals surface area contributed by atoms with Crippen LogP contribution in [0.5, 0.6) is 0 Å². The summed E-state index contributed by atoms with van der Waals surface area (Å²) in [6, 6.07) is 0. The van der Waals surface area contributed by atoms with Gasteiger partial charge in [-0.2, -0.15) is 0 Å². The maximum atomic E-state index is 9.68. The fourth-order valence-corrected chi connectivity index (χ4v) is 2.98. The highest BCUT2D eigenvalue weighted by atomic mass is 32.1. The highest BCUT2D eigenvalue weighted by molar-refractivity contribution is 7.11. The van der Waals surface area contributed by atoms with Crippen LogP contribution in [0.1, 0.15) is 30.7 Å². The highest BCUT2D eigenvalue weighted by Gasteiger charge is 2.24. The number of rotatable bonds is 4. The van der Waals surface area contributed by atoms with Crippen LogP contribution in [0.4, 0.5) is 0 Å². The van der Waals surface area contributed by atoms with E-state index in [4.69, 9.17) is 0 Å². The first kappa shape index (κ1) is 13.9. The van der Waals surface area contributed by atoms with Crippen molar-refractivity contribution in [3.63, 3.8) is 0 Å². The zero-order valence-corrected chi connectivity index (χ0v) is 12.2. The van der Waals surface area contributed by atoms with Gasteiger partial charge in [-0.3, -0.25) is 0 Å². The zero-order valence-electron chi connectivity index (χ0n) is 11.4. The van der Waals surface area contributed by atoms with Gasteiger partial charge in [-0.25, -0.2) is 4.98 Å². The summed E-state index contributed by atoms with van der Waals surface area (Å²) in [4.78, 5) is 5.73. The van der Waals surface area contributed by atoms with Gasteiger partial charge in [0.25, 0.3) is 0 Å². The SMILES string of the molecule is CC(C)(C)c1ncc(CNCC2CNCC2O)s1. The molecule has 1 aliphatic rings. The fourth-order valence-electron chi connectivity index (χ4n) is 2.04. The number of β-amino-alcohol motifs (C(OH)–C–C–N with tert-alkyl or cyclic N) is 1. The summed E-state index contributed by atoms with van der Waals surface area (Å²) in [7, 11) is 0. The minimum Gasteiger partial charge on any atom is -0.391 e. The average molecular weight is 269 g/mol. The van der Waals surface area contributed by atoms with E-state index in [9.17, 15) is 5.11 Å². The van der Waals surface area contributed by atoms with Crippen LogP contribution in [0.2, 0.25) is 0 Å². The molecule has 1 aromatic heterocycles. The lowest BCUT2D eigenvalue weighted by atomic mass is 9.98. The van der Waals surface area contributed by atoms with Crippen molar-refractivity contribution in [2.24, 2.45) is 5.92 Å². The Hall–Kier alpha value is -0.490. The molecule has 2 heterocycles. The van der Waals surface area contributed by atoms with Crippen LogP contribution < -0.4 is 10.6 Å². The molecule has 3 N–H and O–H groups in total. The van der Waals surface area contributed by atoms with Crippen molar-refractivity contribution in [1.29, 1.82) is 0 Å². The van der Waals surface area contributed by atoms with Gasteiger partial charge < -0.3 is 15.7 Å². The summed E-state index contributed by atoms with van der Waals surface area (Å²) in [5.74, 6) is 0.333. The smallest absolute Gasteiger partial charge is 0.0981 e. The van der Waals surface area contributed by atoms with Crippen molar-refractivity contribution in [2.75, 3.05) is 19.6 Å². The number of hydrogen-bond acceptors (Lipinski definition) is 5.